The van der Waals surface area contributed by atoms with Crippen LogP contribution in [0.2, 0.25) is 5.02 Å². The minimum Gasteiger partial charge on any atom is -0.493 e. The highest BCUT2D eigenvalue weighted by Crippen LogP contribution is 2.28. The number of rotatable bonds is 11. The summed E-state index contributed by atoms with van der Waals surface area (Å²) in [5.74, 6) is 0.690. The van der Waals surface area contributed by atoms with Gasteiger partial charge in [-0.05, 0) is 67.4 Å². The number of hydrogen-bond donors (Lipinski definition) is 2. The molecule has 3 rings (SSSR count). The van der Waals surface area contributed by atoms with Gasteiger partial charge in [0.2, 0.25) is 0 Å². The normalized spacial score (nSPS) is 10.7. The fraction of sp³-hybridized carbons (Fsp3) is 0.222. The fourth-order valence-corrected chi connectivity index (χ4v) is 3.31. The molecule has 2 amide bonds. The van der Waals surface area contributed by atoms with Crippen molar-refractivity contribution in [3.05, 3.63) is 82.4 Å². The van der Waals surface area contributed by atoms with Crippen LogP contribution in [0, 0.1) is 6.92 Å². The van der Waals surface area contributed by atoms with Gasteiger partial charge < -0.3 is 19.5 Å². The van der Waals surface area contributed by atoms with Crippen molar-refractivity contribution in [1.29, 1.82) is 0 Å². The SMILES string of the molecule is CCCOc1ccc(C(=O)N/N=C/c2ccc(OCC(=O)Nc3ccc(C)cc3)c(Cl)c2)cc1OC. The molecule has 3 aromatic carbocycles. The first-order valence-corrected chi connectivity index (χ1v) is 11.7. The van der Waals surface area contributed by atoms with Crippen molar-refractivity contribution in [3.8, 4) is 17.2 Å². The molecular weight excluding hydrogens is 482 g/mol. The summed E-state index contributed by atoms with van der Waals surface area (Å²) in [5.41, 5.74) is 5.27. The van der Waals surface area contributed by atoms with E-state index in [1.54, 1.807) is 36.4 Å². The summed E-state index contributed by atoms with van der Waals surface area (Å²) in [7, 11) is 1.52. The summed E-state index contributed by atoms with van der Waals surface area (Å²) in [6, 6.07) is 17.3. The lowest BCUT2D eigenvalue weighted by atomic mass is 10.2. The maximum atomic E-state index is 12.4. The number of benzene rings is 3. The summed E-state index contributed by atoms with van der Waals surface area (Å²) in [6.07, 6.45) is 2.31. The number of amides is 2. The first-order chi connectivity index (χ1) is 17.4. The smallest absolute Gasteiger partial charge is 0.271 e. The van der Waals surface area contributed by atoms with Gasteiger partial charge in [-0.15, -0.1) is 0 Å². The van der Waals surface area contributed by atoms with Crippen molar-refractivity contribution < 1.29 is 23.8 Å². The summed E-state index contributed by atoms with van der Waals surface area (Å²) < 4.78 is 16.4. The van der Waals surface area contributed by atoms with Crippen molar-refractivity contribution in [2.24, 2.45) is 5.10 Å². The molecule has 0 heterocycles. The standard InChI is InChI=1S/C27H28ClN3O5/c1-4-13-35-24-12-8-20(15-25(24)34-3)27(33)31-29-16-19-7-11-23(22(28)14-19)36-17-26(32)30-21-9-5-18(2)6-10-21/h5-12,14-16H,4,13,17H2,1-3H3,(H,30,32)(H,31,33)/b29-16+. The molecule has 0 aliphatic rings. The second-order valence-electron chi connectivity index (χ2n) is 7.81. The third kappa shape index (κ3) is 7.74. The molecular formula is C27H28ClN3O5. The number of carbonyl (C=O) groups is 2. The maximum Gasteiger partial charge on any atom is 0.271 e. The average Bonchev–Trinajstić information content (AvgIpc) is 2.88. The number of aryl methyl sites for hydroxylation is 1. The fourth-order valence-electron chi connectivity index (χ4n) is 3.06. The highest BCUT2D eigenvalue weighted by Gasteiger charge is 2.11. The summed E-state index contributed by atoms with van der Waals surface area (Å²) in [4.78, 5) is 24.6. The minimum absolute atomic E-state index is 0.192. The Labute approximate surface area is 215 Å². The summed E-state index contributed by atoms with van der Waals surface area (Å²) in [6.45, 7) is 4.34. The molecule has 0 unspecified atom stereocenters. The van der Waals surface area contributed by atoms with Gasteiger partial charge in [0.05, 0.1) is 25.0 Å². The van der Waals surface area contributed by atoms with E-state index in [4.69, 9.17) is 25.8 Å². The number of hydrogen-bond acceptors (Lipinski definition) is 6. The van der Waals surface area contributed by atoms with Crippen molar-refractivity contribution in [2.45, 2.75) is 20.3 Å². The number of nitrogens with zero attached hydrogens (tertiary/aromatic N) is 1. The largest absolute Gasteiger partial charge is 0.493 e. The molecule has 8 nitrogen and oxygen atoms in total. The van der Waals surface area contributed by atoms with E-state index in [2.05, 4.69) is 15.8 Å². The van der Waals surface area contributed by atoms with E-state index in [1.165, 1.54) is 13.3 Å². The van der Waals surface area contributed by atoms with Gasteiger partial charge in [0.1, 0.15) is 5.75 Å². The van der Waals surface area contributed by atoms with E-state index in [1.807, 2.05) is 38.1 Å². The average molecular weight is 510 g/mol. The van der Waals surface area contributed by atoms with Crippen LogP contribution in [0.4, 0.5) is 5.69 Å². The Balaban J connectivity index is 1.53. The predicted octanol–water partition coefficient (Wildman–Crippen LogP) is 5.23. The van der Waals surface area contributed by atoms with Crippen molar-refractivity contribution in [1.82, 2.24) is 5.43 Å². The number of ether oxygens (including phenoxy) is 3. The van der Waals surface area contributed by atoms with E-state index >= 15 is 0 Å². The lowest BCUT2D eigenvalue weighted by Crippen LogP contribution is -2.20. The monoisotopic (exact) mass is 509 g/mol. The maximum absolute atomic E-state index is 12.4. The van der Waals surface area contributed by atoms with Crippen molar-refractivity contribution in [2.75, 3.05) is 25.6 Å². The van der Waals surface area contributed by atoms with Crippen LogP contribution >= 0.6 is 11.6 Å². The molecule has 0 saturated heterocycles. The molecule has 36 heavy (non-hydrogen) atoms. The molecule has 0 aromatic heterocycles. The van der Waals surface area contributed by atoms with Crippen LogP contribution in [-0.2, 0) is 4.79 Å². The Bertz CT molecular complexity index is 1230. The number of anilines is 1. The quantitative estimate of drug-likeness (QED) is 0.272. The van der Waals surface area contributed by atoms with Crippen LogP contribution in [0.3, 0.4) is 0 Å². The lowest BCUT2D eigenvalue weighted by Gasteiger charge is -2.11. The Morgan fingerprint density at radius 2 is 1.72 bits per heavy atom. The van der Waals surface area contributed by atoms with E-state index in [-0.39, 0.29) is 12.5 Å². The van der Waals surface area contributed by atoms with Crippen LogP contribution in [0.25, 0.3) is 0 Å². The Morgan fingerprint density at radius 1 is 0.972 bits per heavy atom. The van der Waals surface area contributed by atoms with Crippen LogP contribution in [0.15, 0.2) is 65.8 Å². The van der Waals surface area contributed by atoms with Crippen LogP contribution in [0.1, 0.15) is 34.8 Å². The van der Waals surface area contributed by atoms with Crippen LogP contribution in [0.5, 0.6) is 17.2 Å². The van der Waals surface area contributed by atoms with Gasteiger partial charge in [0, 0.05) is 11.3 Å². The van der Waals surface area contributed by atoms with Gasteiger partial charge >= 0.3 is 0 Å². The van der Waals surface area contributed by atoms with Gasteiger partial charge in [-0.2, -0.15) is 5.10 Å². The molecule has 0 fully saturated rings. The van der Waals surface area contributed by atoms with Crippen LogP contribution in [-0.4, -0.2) is 38.4 Å². The minimum atomic E-state index is -0.405. The van der Waals surface area contributed by atoms with Gasteiger partial charge in [-0.1, -0.05) is 36.2 Å². The highest BCUT2D eigenvalue weighted by atomic mass is 35.5. The molecule has 3 aromatic rings. The highest BCUT2D eigenvalue weighted by molar-refractivity contribution is 6.32. The third-order valence-corrected chi connectivity index (χ3v) is 5.21. The second kappa shape index (κ2) is 13.2. The Hall–Kier alpha value is -4.04. The van der Waals surface area contributed by atoms with E-state index < -0.39 is 5.91 Å². The molecule has 0 saturated carbocycles. The molecule has 0 aliphatic carbocycles. The van der Waals surface area contributed by atoms with Gasteiger partial charge in [0.15, 0.2) is 18.1 Å². The van der Waals surface area contributed by atoms with Gasteiger partial charge in [-0.25, -0.2) is 5.43 Å². The molecule has 0 aliphatic heterocycles. The number of nitrogens with one attached hydrogen (secondary N) is 2. The first kappa shape index (κ1) is 26.6. The topological polar surface area (TPSA) is 98.3 Å². The molecule has 2 N–H and O–H groups in total. The Kier molecular flexibility index (Phi) is 9.71. The van der Waals surface area contributed by atoms with Gasteiger partial charge in [0.25, 0.3) is 11.8 Å². The number of halogens is 1. The van der Waals surface area contributed by atoms with Crippen molar-refractivity contribution in [3.63, 3.8) is 0 Å². The van der Waals surface area contributed by atoms with Crippen LogP contribution < -0.4 is 25.0 Å². The van der Waals surface area contributed by atoms with Crippen molar-refractivity contribution >= 4 is 35.3 Å². The number of hydrazone groups is 1. The zero-order valence-electron chi connectivity index (χ0n) is 20.3. The third-order valence-electron chi connectivity index (χ3n) is 4.92. The molecule has 0 spiro atoms. The van der Waals surface area contributed by atoms with E-state index in [9.17, 15) is 9.59 Å². The molecule has 188 valence electrons. The van der Waals surface area contributed by atoms with E-state index in [0.717, 1.165) is 12.0 Å². The molecule has 0 bridgehead atoms. The number of methoxy groups -OCH3 is 1. The zero-order valence-corrected chi connectivity index (χ0v) is 21.1. The molecule has 0 radical (unpaired) electrons. The lowest BCUT2D eigenvalue weighted by molar-refractivity contribution is -0.118. The van der Waals surface area contributed by atoms with E-state index in [0.29, 0.717) is 45.7 Å². The number of carbonyl (C=O) groups excluding carboxylic acids is 2. The zero-order chi connectivity index (χ0) is 25.9. The summed E-state index contributed by atoms with van der Waals surface area (Å²) >= 11 is 6.28. The molecule has 9 heteroatoms. The second-order valence-corrected chi connectivity index (χ2v) is 8.21. The summed E-state index contributed by atoms with van der Waals surface area (Å²) in [5, 5.41) is 7.05. The van der Waals surface area contributed by atoms with Gasteiger partial charge in [-0.3, -0.25) is 9.59 Å². The Morgan fingerprint density at radius 3 is 2.42 bits per heavy atom. The first-order valence-electron chi connectivity index (χ1n) is 11.3. The molecule has 0 atom stereocenters. The predicted molar refractivity (Wildman–Crippen MR) is 141 cm³/mol.